The minimum atomic E-state index is -0.599. The van der Waals surface area contributed by atoms with Crippen LogP contribution in [0.3, 0.4) is 0 Å². The number of amides is 1. The number of aliphatic hydroxyl groups is 1. The minimum Gasteiger partial charge on any atom is -0.483 e. The second-order valence-corrected chi connectivity index (χ2v) is 7.81. The van der Waals surface area contributed by atoms with Crippen LogP contribution >= 0.6 is 0 Å². The zero-order valence-electron chi connectivity index (χ0n) is 16.7. The number of hydrogen-bond donors (Lipinski definition) is 3. The van der Waals surface area contributed by atoms with E-state index in [1.807, 2.05) is 18.2 Å². The predicted octanol–water partition coefficient (Wildman–Crippen LogP) is 1.96. The maximum Gasteiger partial charge on any atom is 0.258 e. The number of ether oxygens (including phenoxy) is 1. The zero-order valence-corrected chi connectivity index (χ0v) is 16.7. The average Bonchev–Trinajstić information content (AvgIpc) is 2.76. The first kappa shape index (κ1) is 19.7. The number of fused-ring (bicyclic) bond motifs is 2. The van der Waals surface area contributed by atoms with Crippen molar-refractivity contribution >= 4 is 11.6 Å². The second kappa shape index (κ2) is 9.29. The third-order valence-corrected chi connectivity index (χ3v) is 5.62. The van der Waals surface area contributed by atoms with Gasteiger partial charge in [-0.2, -0.15) is 0 Å². The summed E-state index contributed by atoms with van der Waals surface area (Å²) in [6, 6.07) is 14.3. The lowest BCUT2D eigenvalue weighted by molar-refractivity contribution is -0.123. The molecule has 0 aliphatic carbocycles. The van der Waals surface area contributed by atoms with E-state index in [1.54, 1.807) is 0 Å². The lowest BCUT2D eigenvalue weighted by Crippen LogP contribution is -2.42. The molecule has 6 nitrogen and oxygen atoms in total. The number of aliphatic hydroxyl groups excluding tert-OH is 1. The van der Waals surface area contributed by atoms with Crippen LogP contribution in [0.15, 0.2) is 42.5 Å². The van der Waals surface area contributed by atoms with Crippen molar-refractivity contribution in [3.63, 3.8) is 0 Å². The van der Waals surface area contributed by atoms with Gasteiger partial charge in [0.1, 0.15) is 5.75 Å². The van der Waals surface area contributed by atoms with Crippen LogP contribution in [0.25, 0.3) is 0 Å². The van der Waals surface area contributed by atoms with E-state index in [1.165, 1.54) is 11.1 Å². The molecule has 4 rings (SSSR count). The smallest absolute Gasteiger partial charge is 0.258 e. The van der Waals surface area contributed by atoms with E-state index in [0.29, 0.717) is 6.54 Å². The number of carbonyl (C=O) groups excluding carboxylic acids is 1. The van der Waals surface area contributed by atoms with Crippen LogP contribution in [-0.4, -0.2) is 54.8 Å². The topological polar surface area (TPSA) is 73.8 Å². The molecule has 0 saturated carbocycles. The van der Waals surface area contributed by atoms with Crippen molar-refractivity contribution in [2.45, 2.75) is 31.9 Å². The van der Waals surface area contributed by atoms with Gasteiger partial charge < -0.3 is 20.5 Å². The predicted molar refractivity (Wildman–Crippen MR) is 113 cm³/mol. The summed E-state index contributed by atoms with van der Waals surface area (Å²) in [4.78, 5) is 14.4. The SMILES string of the molecule is O=C(COc1cccc2c1CCCN2)NCC(O)CN1CCc2ccccc2C1. The van der Waals surface area contributed by atoms with Gasteiger partial charge in [-0.05, 0) is 42.5 Å². The molecule has 3 N–H and O–H groups in total. The van der Waals surface area contributed by atoms with Crippen molar-refractivity contribution in [1.82, 2.24) is 10.2 Å². The standard InChI is InChI=1S/C23H29N3O3/c27-19(15-26-12-10-17-5-1-2-6-18(17)14-26)13-25-23(28)16-29-22-9-3-8-21-20(22)7-4-11-24-21/h1-3,5-6,8-9,19,24,27H,4,7,10-16H2,(H,25,28). The summed E-state index contributed by atoms with van der Waals surface area (Å²) < 4.78 is 5.74. The Bertz CT molecular complexity index is 855. The highest BCUT2D eigenvalue weighted by Gasteiger charge is 2.19. The Balaban J connectivity index is 1.20. The van der Waals surface area contributed by atoms with Crippen LogP contribution in [0.2, 0.25) is 0 Å². The molecule has 0 spiro atoms. The van der Waals surface area contributed by atoms with Crippen LogP contribution < -0.4 is 15.4 Å². The molecule has 0 fully saturated rings. The summed E-state index contributed by atoms with van der Waals surface area (Å²) in [7, 11) is 0. The summed E-state index contributed by atoms with van der Waals surface area (Å²) in [5, 5.41) is 16.5. The fraction of sp³-hybridized carbons (Fsp3) is 0.435. The molecule has 0 aromatic heterocycles. The first-order valence-electron chi connectivity index (χ1n) is 10.4. The van der Waals surface area contributed by atoms with Gasteiger partial charge in [-0.15, -0.1) is 0 Å². The number of carbonyl (C=O) groups is 1. The maximum absolute atomic E-state index is 12.2. The average molecular weight is 396 g/mol. The third kappa shape index (κ3) is 5.08. The number of anilines is 1. The normalized spacial score (nSPS) is 16.9. The highest BCUT2D eigenvalue weighted by molar-refractivity contribution is 5.77. The van der Waals surface area contributed by atoms with Gasteiger partial charge in [0.25, 0.3) is 5.91 Å². The van der Waals surface area contributed by atoms with Gasteiger partial charge in [0.15, 0.2) is 6.61 Å². The first-order valence-corrected chi connectivity index (χ1v) is 10.4. The van der Waals surface area contributed by atoms with Crippen molar-refractivity contribution in [3.05, 3.63) is 59.2 Å². The lowest BCUT2D eigenvalue weighted by Gasteiger charge is -2.30. The molecule has 2 aliphatic rings. The van der Waals surface area contributed by atoms with Crippen LogP contribution in [0.4, 0.5) is 5.69 Å². The Labute approximate surface area is 171 Å². The van der Waals surface area contributed by atoms with Gasteiger partial charge in [-0.25, -0.2) is 0 Å². The third-order valence-electron chi connectivity index (χ3n) is 5.62. The molecule has 0 saturated heterocycles. The lowest BCUT2D eigenvalue weighted by atomic mass is 10.00. The Morgan fingerprint density at radius 1 is 1.17 bits per heavy atom. The minimum absolute atomic E-state index is 0.0414. The van der Waals surface area contributed by atoms with Crippen LogP contribution in [0.1, 0.15) is 23.1 Å². The molecule has 2 aromatic carbocycles. The van der Waals surface area contributed by atoms with Gasteiger partial charge in [-0.3, -0.25) is 9.69 Å². The molecule has 1 amide bonds. The number of β-amino-alcohol motifs (C(OH)–C–C–N with tert-alkyl or cyclic N) is 1. The molecule has 6 heteroatoms. The van der Waals surface area contributed by atoms with Crippen LogP contribution in [-0.2, 0) is 24.2 Å². The van der Waals surface area contributed by atoms with Gasteiger partial charge >= 0.3 is 0 Å². The molecule has 154 valence electrons. The summed E-state index contributed by atoms with van der Waals surface area (Å²) in [5.74, 6) is 0.548. The van der Waals surface area contributed by atoms with Gasteiger partial charge in [0.05, 0.1) is 6.10 Å². The van der Waals surface area contributed by atoms with Crippen molar-refractivity contribution in [3.8, 4) is 5.75 Å². The van der Waals surface area contributed by atoms with Crippen LogP contribution in [0.5, 0.6) is 5.75 Å². The van der Waals surface area contributed by atoms with E-state index in [4.69, 9.17) is 4.74 Å². The Kier molecular flexibility index (Phi) is 6.32. The first-order chi connectivity index (χ1) is 14.2. The summed E-state index contributed by atoms with van der Waals surface area (Å²) in [5.41, 5.74) is 4.94. The van der Waals surface area contributed by atoms with Crippen LogP contribution in [0, 0.1) is 0 Å². The second-order valence-electron chi connectivity index (χ2n) is 7.81. The zero-order chi connectivity index (χ0) is 20.1. The van der Waals surface area contributed by atoms with Gasteiger partial charge in [-0.1, -0.05) is 30.3 Å². The molecule has 1 unspecified atom stereocenters. The number of hydrogen-bond acceptors (Lipinski definition) is 5. The van der Waals surface area contributed by atoms with E-state index in [0.717, 1.165) is 55.9 Å². The van der Waals surface area contributed by atoms with Gasteiger partial charge in [0.2, 0.25) is 0 Å². The summed E-state index contributed by atoms with van der Waals surface area (Å²) >= 11 is 0. The summed E-state index contributed by atoms with van der Waals surface area (Å²) in [6.45, 7) is 3.48. The molecular weight excluding hydrogens is 366 g/mol. The molecule has 0 bridgehead atoms. The number of rotatable bonds is 7. The van der Waals surface area contributed by atoms with E-state index in [2.05, 4.69) is 39.8 Å². The fourth-order valence-electron chi connectivity index (χ4n) is 4.11. The van der Waals surface area contributed by atoms with E-state index in [9.17, 15) is 9.90 Å². The van der Waals surface area contributed by atoms with E-state index < -0.39 is 6.10 Å². The summed E-state index contributed by atoms with van der Waals surface area (Å²) in [6.07, 6.45) is 2.42. The number of nitrogens with one attached hydrogen (secondary N) is 2. The molecule has 0 radical (unpaired) electrons. The fourth-order valence-corrected chi connectivity index (χ4v) is 4.11. The number of benzene rings is 2. The van der Waals surface area contributed by atoms with Gasteiger partial charge in [0, 0.05) is 44.0 Å². The van der Waals surface area contributed by atoms with E-state index in [-0.39, 0.29) is 19.1 Å². The molecule has 2 aliphatic heterocycles. The molecule has 29 heavy (non-hydrogen) atoms. The monoisotopic (exact) mass is 395 g/mol. The molecule has 2 heterocycles. The van der Waals surface area contributed by atoms with Crippen molar-refractivity contribution in [2.75, 3.05) is 38.1 Å². The Morgan fingerprint density at radius 2 is 2.03 bits per heavy atom. The van der Waals surface area contributed by atoms with Crippen molar-refractivity contribution < 1.29 is 14.6 Å². The Hall–Kier alpha value is -2.57. The molecule has 1 atom stereocenters. The number of nitrogens with zero attached hydrogens (tertiary/aromatic N) is 1. The Morgan fingerprint density at radius 3 is 2.93 bits per heavy atom. The molecular formula is C23H29N3O3. The van der Waals surface area contributed by atoms with E-state index >= 15 is 0 Å². The highest BCUT2D eigenvalue weighted by atomic mass is 16.5. The van der Waals surface area contributed by atoms with Crippen molar-refractivity contribution in [2.24, 2.45) is 0 Å². The molecule has 2 aromatic rings. The van der Waals surface area contributed by atoms with Crippen molar-refractivity contribution in [1.29, 1.82) is 0 Å². The highest BCUT2D eigenvalue weighted by Crippen LogP contribution is 2.30. The quantitative estimate of drug-likeness (QED) is 0.668. The largest absolute Gasteiger partial charge is 0.483 e. The maximum atomic E-state index is 12.2.